The molecule has 7 amide bonds. The van der Waals surface area contributed by atoms with E-state index in [4.69, 9.17) is 18.9 Å². The lowest BCUT2D eigenvalue weighted by molar-refractivity contribution is -0.138. The fraction of sp³-hybridized carbons (Fsp3) is 0.750. The number of carbonyl (C=O) groups excluding carboxylic acids is 7. The third kappa shape index (κ3) is 21.4. The summed E-state index contributed by atoms with van der Waals surface area (Å²) in [6.07, 6.45) is 6.43. The van der Waals surface area contributed by atoms with Crippen molar-refractivity contribution < 1.29 is 57.6 Å². The molecule has 8 N–H and O–H groups in total. The summed E-state index contributed by atoms with van der Waals surface area (Å²) in [7, 11) is 1.65. The van der Waals surface area contributed by atoms with Crippen LogP contribution in [-0.2, 0) is 54.1 Å². The van der Waals surface area contributed by atoms with Gasteiger partial charge >= 0.3 is 6.09 Å². The number of unbranched alkanes of at least 4 members (excludes halogenated alkanes) is 3. The molecule has 1 spiro atoms. The molecule has 4 rings (SSSR count). The van der Waals surface area contributed by atoms with Crippen LogP contribution in [-0.4, -0.2) is 141 Å². The molecule has 2 saturated heterocycles. The molecule has 2 aliphatic heterocycles. The van der Waals surface area contributed by atoms with Gasteiger partial charge in [-0.2, -0.15) is 0 Å². The van der Waals surface area contributed by atoms with Gasteiger partial charge in [-0.1, -0.05) is 117 Å². The van der Waals surface area contributed by atoms with Crippen molar-refractivity contribution in [2.75, 3.05) is 46.4 Å². The van der Waals surface area contributed by atoms with Gasteiger partial charge in [-0.25, -0.2) is 4.79 Å². The molecule has 79 heavy (non-hydrogen) atoms. The number of ether oxygens (including phenoxy) is 4. The van der Waals surface area contributed by atoms with Gasteiger partial charge in [-0.3, -0.25) is 28.8 Å². The van der Waals surface area contributed by atoms with E-state index in [1.807, 2.05) is 92.6 Å². The Bertz CT molecular complexity index is 2220. The minimum absolute atomic E-state index is 0.0243. The van der Waals surface area contributed by atoms with Gasteiger partial charge in [0.15, 0.2) is 0 Å². The summed E-state index contributed by atoms with van der Waals surface area (Å²) >= 11 is 0. The monoisotopic (exact) mass is 1110 g/mol. The first kappa shape index (κ1) is 66.4. The molecule has 2 heterocycles. The second kappa shape index (κ2) is 29.6. The number of benzene rings is 1. The number of alkyl carbamates (subject to hydrolysis) is 1. The van der Waals surface area contributed by atoms with Crippen molar-refractivity contribution in [2.45, 2.75) is 208 Å². The molecule has 0 radical (unpaired) electrons. The van der Waals surface area contributed by atoms with Crippen LogP contribution in [0.4, 0.5) is 4.79 Å². The molecule has 3 fully saturated rings. The van der Waals surface area contributed by atoms with E-state index in [-0.39, 0.29) is 79.2 Å². The molecular formula is C60H99N7O12. The zero-order valence-corrected chi connectivity index (χ0v) is 50.1. The van der Waals surface area contributed by atoms with E-state index in [1.54, 1.807) is 14.0 Å². The summed E-state index contributed by atoms with van der Waals surface area (Å²) in [6, 6.07) is 6.93. The molecule has 1 aliphatic carbocycles. The maximum atomic E-state index is 14.1. The second-order valence-corrected chi connectivity index (χ2v) is 25.9. The van der Waals surface area contributed by atoms with Gasteiger partial charge < -0.3 is 61.3 Å². The van der Waals surface area contributed by atoms with E-state index in [9.17, 15) is 38.7 Å². The predicted octanol–water partition coefficient (Wildman–Crippen LogP) is 5.95. The number of amides is 7. The number of rotatable bonds is 31. The predicted molar refractivity (Wildman–Crippen MR) is 303 cm³/mol. The van der Waals surface area contributed by atoms with Crippen molar-refractivity contribution in [2.24, 2.45) is 34.0 Å². The topological polar surface area (TPSA) is 267 Å². The highest BCUT2D eigenvalue weighted by atomic mass is 16.6. The van der Waals surface area contributed by atoms with Crippen LogP contribution in [0.3, 0.4) is 0 Å². The first-order valence-corrected chi connectivity index (χ1v) is 28.8. The third-order valence-electron chi connectivity index (χ3n) is 15.4. The van der Waals surface area contributed by atoms with E-state index in [0.717, 1.165) is 37.7 Å². The lowest BCUT2D eigenvalue weighted by atomic mass is 9.65. The second-order valence-electron chi connectivity index (χ2n) is 25.9. The maximum absolute atomic E-state index is 14.1. The van der Waals surface area contributed by atoms with Gasteiger partial charge in [-0.15, -0.1) is 0 Å². The van der Waals surface area contributed by atoms with Crippen molar-refractivity contribution in [3.63, 3.8) is 0 Å². The van der Waals surface area contributed by atoms with E-state index in [1.165, 1.54) is 5.57 Å². The minimum Gasteiger partial charge on any atom is -0.443 e. The van der Waals surface area contributed by atoms with E-state index >= 15 is 0 Å². The van der Waals surface area contributed by atoms with Gasteiger partial charge in [0.25, 0.3) is 0 Å². The van der Waals surface area contributed by atoms with Gasteiger partial charge in [0.2, 0.25) is 35.4 Å². The molecule has 0 aromatic heterocycles. The molecule has 19 heteroatoms. The van der Waals surface area contributed by atoms with Crippen LogP contribution >= 0.6 is 0 Å². The molecule has 1 aromatic carbocycles. The third-order valence-corrected chi connectivity index (χ3v) is 15.4. The Kier molecular flexibility index (Phi) is 24.8. The lowest BCUT2D eigenvalue weighted by Gasteiger charge is -2.42. The zero-order chi connectivity index (χ0) is 58.9. The first-order chi connectivity index (χ1) is 36.9. The minimum atomic E-state index is -1.13. The SMILES string of the molecule is COC1C(OC(=O)NCCCCCCNC(=O)CNC(=O)[C@H](CC(C)C)NC(=O)[C@H](Cc2ccccc2)NC(=O)CNC(=O)C(CC(C)(CC(C)(C)C)C(=O)NCC(C)O)C(C)(C)C)CC[C@]2(CO2)C1[C@@]1(C)O[C@@H]1CC=C(C)C. The number of hydrogen-bond donors (Lipinski definition) is 8. The molecule has 19 nitrogen and oxygen atoms in total. The van der Waals surface area contributed by atoms with Crippen molar-refractivity contribution in [1.29, 1.82) is 0 Å². The van der Waals surface area contributed by atoms with E-state index < -0.39 is 82.9 Å². The average Bonchev–Trinajstić information content (AvgIpc) is 4.28. The van der Waals surface area contributed by atoms with Crippen LogP contribution in [0.15, 0.2) is 42.0 Å². The molecule has 446 valence electrons. The quantitative estimate of drug-likeness (QED) is 0.0244. The standard InChI is InChI=1S/C60H99N7O12/c1-38(2)24-25-46-59(13,79-46)50-49(76-14)45(26-27-60(50)37-77-60)78-55(75)62-29-21-16-15-20-28-61-47(69)34-64-52(72)43(30-39(3)4)67-53(73)44(31-41-22-18-17-19-23-41)66-48(70)35-63-51(71)42(57(9,10)11)32-58(12,36-56(6,7)8)54(74)65-33-40(5)68/h17-19,22-24,39-40,42-46,49-50,68H,15-16,20-21,25-37H2,1-14H3,(H,61,69)(H,62,75)(H,63,71)(H,64,72)(H,65,74)(H,66,70)(H,67,73)/t40?,42?,43-,44-,45?,46+,49?,50?,58?,59-,60-/m0/s1. The average molecular weight is 1110 g/mol. The highest BCUT2D eigenvalue weighted by Crippen LogP contribution is 2.59. The summed E-state index contributed by atoms with van der Waals surface area (Å²) < 4.78 is 24.2. The largest absolute Gasteiger partial charge is 0.443 e. The number of aliphatic hydroxyl groups is 1. The highest BCUT2D eigenvalue weighted by molar-refractivity contribution is 5.94. The maximum Gasteiger partial charge on any atom is 0.407 e. The van der Waals surface area contributed by atoms with Crippen LogP contribution in [0.1, 0.15) is 160 Å². The summed E-state index contributed by atoms with van der Waals surface area (Å²) in [5, 5.41) is 29.4. The Balaban J connectivity index is 1.23. The summed E-state index contributed by atoms with van der Waals surface area (Å²) in [5.41, 5.74) is -0.607. The summed E-state index contributed by atoms with van der Waals surface area (Å²) in [6.45, 7) is 26.0. The number of aliphatic hydroxyl groups excluding tert-OH is 1. The number of epoxide rings is 2. The molecular weight excluding hydrogens is 1010 g/mol. The summed E-state index contributed by atoms with van der Waals surface area (Å²) in [4.78, 5) is 94.8. The Labute approximate surface area is 471 Å². The van der Waals surface area contributed by atoms with Crippen LogP contribution in [0, 0.1) is 34.0 Å². The van der Waals surface area contributed by atoms with Crippen LogP contribution < -0.4 is 37.2 Å². The number of allylic oxidation sites excluding steroid dienone is 1. The Morgan fingerprint density at radius 2 is 1.42 bits per heavy atom. The molecule has 6 unspecified atom stereocenters. The molecule has 0 bridgehead atoms. The molecule has 1 saturated carbocycles. The number of carbonyl (C=O) groups is 7. The van der Waals surface area contributed by atoms with Gasteiger partial charge in [-0.05, 0) is 101 Å². The van der Waals surface area contributed by atoms with Gasteiger partial charge in [0, 0.05) is 44.5 Å². The number of hydrogen-bond acceptors (Lipinski definition) is 12. The zero-order valence-electron chi connectivity index (χ0n) is 50.1. The summed E-state index contributed by atoms with van der Waals surface area (Å²) in [5.74, 6) is -3.65. The number of methoxy groups -OCH3 is 1. The fourth-order valence-corrected chi connectivity index (χ4v) is 11.3. The van der Waals surface area contributed by atoms with Crippen molar-refractivity contribution >= 4 is 41.5 Å². The van der Waals surface area contributed by atoms with Gasteiger partial charge in [0.1, 0.15) is 35.5 Å². The first-order valence-electron chi connectivity index (χ1n) is 28.8. The Morgan fingerprint density at radius 3 is 1.99 bits per heavy atom. The van der Waals surface area contributed by atoms with Gasteiger partial charge in [0.05, 0.1) is 37.8 Å². The fourth-order valence-electron chi connectivity index (χ4n) is 11.3. The van der Waals surface area contributed by atoms with Crippen molar-refractivity contribution in [3.05, 3.63) is 47.5 Å². The molecule has 3 aliphatic rings. The smallest absolute Gasteiger partial charge is 0.407 e. The van der Waals surface area contributed by atoms with Crippen molar-refractivity contribution in [1.82, 2.24) is 37.2 Å². The van der Waals surface area contributed by atoms with Crippen molar-refractivity contribution in [3.8, 4) is 0 Å². The molecule has 1 aromatic rings. The Hall–Kier alpha value is -5.11. The molecule has 11 atom stereocenters. The van der Waals surface area contributed by atoms with Crippen LogP contribution in [0.25, 0.3) is 0 Å². The lowest BCUT2D eigenvalue weighted by Crippen LogP contribution is -2.56. The normalized spacial score (nSPS) is 23.8. The van der Waals surface area contributed by atoms with Crippen LogP contribution in [0.2, 0.25) is 0 Å². The highest BCUT2D eigenvalue weighted by Gasteiger charge is 2.72. The number of nitrogens with one attached hydrogen (secondary N) is 7. The van der Waals surface area contributed by atoms with E-state index in [2.05, 4.69) is 64.1 Å². The Morgan fingerprint density at radius 1 is 0.797 bits per heavy atom. The van der Waals surface area contributed by atoms with E-state index in [0.29, 0.717) is 39.0 Å². The van der Waals surface area contributed by atoms with Crippen LogP contribution in [0.5, 0.6) is 0 Å².